The molecule has 2 aromatic rings. The number of benzene rings is 1. The first kappa shape index (κ1) is 20.5. The van der Waals surface area contributed by atoms with E-state index in [-0.39, 0.29) is 19.1 Å². The Morgan fingerprint density at radius 3 is 2.61 bits per heavy atom. The highest BCUT2D eigenvalue weighted by Crippen LogP contribution is 2.28. The summed E-state index contributed by atoms with van der Waals surface area (Å²) >= 11 is 1.17. The molecule has 1 saturated heterocycles. The van der Waals surface area contributed by atoms with E-state index in [4.69, 9.17) is 0 Å². The third-order valence-electron chi connectivity index (χ3n) is 4.79. The summed E-state index contributed by atoms with van der Waals surface area (Å²) in [4.78, 5) is 24.1. The van der Waals surface area contributed by atoms with Gasteiger partial charge < -0.3 is 10.6 Å². The normalized spacial score (nSPS) is 17.4. The molecule has 0 aliphatic carbocycles. The van der Waals surface area contributed by atoms with Crippen molar-refractivity contribution >= 4 is 33.2 Å². The van der Waals surface area contributed by atoms with Gasteiger partial charge in [-0.25, -0.2) is 8.42 Å². The van der Waals surface area contributed by atoms with E-state index in [2.05, 4.69) is 10.6 Å². The van der Waals surface area contributed by atoms with Crippen molar-refractivity contribution in [2.75, 3.05) is 13.1 Å². The number of hydrogen-bond donors (Lipinski definition) is 2. The Labute approximate surface area is 168 Å². The van der Waals surface area contributed by atoms with Crippen LogP contribution in [0.5, 0.6) is 0 Å². The summed E-state index contributed by atoms with van der Waals surface area (Å²) in [7, 11) is -3.56. The Bertz CT molecular complexity index is 942. The van der Waals surface area contributed by atoms with E-state index in [1.54, 1.807) is 17.5 Å². The average molecular weight is 422 g/mol. The Kier molecular flexibility index (Phi) is 6.48. The van der Waals surface area contributed by atoms with Crippen LogP contribution in [0, 0.1) is 6.92 Å². The number of nitrogens with one attached hydrogen (secondary N) is 2. The fourth-order valence-electron chi connectivity index (χ4n) is 3.21. The fourth-order valence-corrected chi connectivity index (χ4v) is 6.02. The first-order valence-electron chi connectivity index (χ1n) is 9.05. The highest BCUT2D eigenvalue weighted by molar-refractivity contribution is 7.91. The van der Waals surface area contributed by atoms with Crippen LogP contribution in [-0.4, -0.2) is 43.7 Å². The lowest BCUT2D eigenvalue weighted by atomic mass is 10.1. The Balaban J connectivity index is 1.53. The van der Waals surface area contributed by atoms with E-state index in [0.29, 0.717) is 17.2 Å². The lowest BCUT2D eigenvalue weighted by molar-refractivity contribution is -0.139. The third-order valence-corrected chi connectivity index (χ3v) is 8.11. The molecule has 3 rings (SSSR count). The number of carbonyl (C=O) groups excluding carboxylic acids is 2. The molecule has 28 heavy (non-hydrogen) atoms. The topological polar surface area (TPSA) is 95.6 Å². The predicted octanol–water partition coefficient (Wildman–Crippen LogP) is 1.64. The number of aryl methyl sites for hydroxylation is 1. The lowest BCUT2D eigenvalue weighted by Gasteiger charge is -2.23. The number of thiophene rings is 1. The van der Waals surface area contributed by atoms with Crippen LogP contribution in [0.15, 0.2) is 46.0 Å². The summed E-state index contributed by atoms with van der Waals surface area (Å²) in [5.41, 5.74) is 1.97. The van der Waals surface area contributed by atoms with Crippen molar-refractivity contribution in [3.8, 4) is 0 Å². The highest BCUT2D eigenvalue weighted by atomic mass is 32.2. The second kappa shape index (κ2) is 8.85. The summed E-state index contributed by atoms with van der Waals surface area (Å²) in [6, 6.07) is 10.5. The van der Waals surface area contributed by atoms with Gasteiger partial charge in [-0.05, 0) is 42.3 Å². The van der Waals surface area contributed by atoms with E-state index in [1.165, 1.54) is 15.6 Å². The molecular formula is C19H23N3O4S2. The minimum Gasteiger partial charge on any atom is -0.346 e. The average Bonchev–Trinajstić information content (AvgIpc) is 3.37. The van der Waals surface area contributed by atoms with Crippen LogP contribution >= 0.6 is 11.3 Å². The van der Waals surface area contributed by atoms with Crippen molar-refractivity contribution in [2.45, 2.75) is 36.6 Å². The van der Waals surface area contributed by atoms with Crippen LogP contribution in [0.3, 0.4) is 0 Å². The maximum absolute atomic E-state index is 12.7. The van der Waals surface area contributed by atoms with Gasteiger partial charge in [0.05, 0.1) is 0 Å². The van der Waals surface area contributed by atoms with Crippen LogP contribution in [-0.2, 0) is 26.2 Å². The van der Waals surface area contributed by atoms with Crippen LogP contribution in [0.4, 0.5) is 0 Å². The van der Waals surface area contributed by atoms with Crippen molar-refractivity contribution < 1.29 is 18.0 Å². The van der Waals surface area contributed by atoms with Gasteiger partial charge in [-0.2, -0.15) is 4.31 Å². The molecular weight excluding hydrogens is 398 g/mol. The molecule has 1 aromatic carbocycles. The van der Waals surface area contributed by atoms with Crippen LogP contribution in [0.25, 0.3) is 0 Å². The standard InChI is InChI=1S/C19H23N3O4S2/c1-14-6-2-3-7-15(14)12-20-18(23)19(24)21-13-16-8-4-10-22(16)28(25,26)17-9-5-11-27-17/h2-3,5-7,9,11,16H,4,8,10,12-13H2,1H3,(H,20,23)(H,21,24)/t16-/m1/s1. The number of sulfonamides is 1. The molecule has 1 atom stereocenters. The molecule has 1 aliphatic rings. The molecule has 2 N–H and O–H groups in total. The van der Waals surface area contributed by atoms with Crippen LogP contribution in [0.2, 0.25) is 0 Å². The minimum absolute atomic E-state index is 0.112. The van der Waals surface area contributed by atoms with Crippen LogP contribution in [0.1, 0.15) is 24.0 Å². The molecule has 2 heterocycles. The molecule has 0 spiro atoms. The summed E-state index contributed by atoms with van der Waals surface area (Å²) in [6.07, 6.45) is 1.38. The van der Waals surface area contributed by atoms with Gasteiger partial charge in [-0.1, -0.05) is 30.3 Å². The second-order valence-corrected chi connectivity index (χ2v) is 9.73. The molecule has 150 valence electrons. The maximum Gasteiger partial charge on any atom is 0.309 e. The van der Waals surface area contributed by atoms with Gasteiger partial charge in [0.1, 0.15) is 4.21 Å². The van der Waals surface area contributed by atoms with Crippen molar-refractivity contribution in [3.63, 3.8) is 0 Å². The fraction of sp³-hybridized carbons (Fsp3) is 0.368. The van der Waals surface area contributed by atoms with E-state index < -0.39 is 21.8 Å². The largest absolute Gasteiger partial charge is 0.346 e. The monoisotopic (exact) mass is 421 g/mol. The maximum atomic E-state index is 12.7. The molecule has 0 radical (unpaired) electrons. The lowest BCUT2D eigenvalue weighted by Crippen LogP contribution is -2.46. The van der Waals surface area contributed by atoms with Crippen molar-refractivity contribution in [2.24, 2.45) is 0 Å². The van der Waals surface area contributed by atoms with Gasteiger partial charge in [0.25, 0.3) is 10.0 Å². The van der Waals surface area contributed by atoms with E-state index >= 15 is 0 Å². The number of amides is 2. The molecule has 0 saturated carbocycles. The zero-order valence-electron chi connectivity index (χ0n) is 15.6. The molecule has 9 heteroatoms. The molecule has 0 unspecified atom stereocenters. The van der Waals surface area contributed by atoms with E-state index in [9.17, 15) is 18.0 Å². The molecule has 1 fully saturated rings. The molecule has 0 bridgehead atoms. The first-order valence-corrected chi connectivity index (χ1v) is 11.4. The van der Waals surface area contributed by atoms with Crippen molar-refractivity contribution in [1.29, 1.82) is 0 Å². The Morgan fingerprint density at radius 1 is 1.14 bits per heavy atom. The quantitative estimate of drug-likeness (QED) is 0.693. The number of rotatable bonds is 6. The zero-order chi connectivity index (χ0) is 20.1. The van der Waals surface area contributed by atoms with Gasteiger partial charge in [0, 0.05) is 25.7 Å². The number of carbonyl (C=O) groups is 2. The number of hydrogen-bond acceptors (Lipinski definition) is 5. The molecule has 2 amide bonds. The highest BCUT2D eigenvalue weighted by Gasteiger charge is 2.36. The minimum atomic E-state index is -3.56. The third kappa shape index (κ3) is 4.60. The van der Waals surface area contributed by atoms with Gasteiger partial charge in [0.2, 0.25) is 0 Å². The van der Waals surface area contributed by atoms with Gasteiger partial charge >= 0.3 is 11.8 Å². The number of nitrogens with zero attached hydrogens (tertiary/aromatic N) is 1. The Morgan fingerprint density at radius 2 is 1.89 bits per heavy atom. The summed E-state index contributed by atoms with van der Waals surface area (Å²) in [5, 5.41) is 6.89. The molecule has 1 aromatic heterocycles. The zero-order valence-corrected chi connectivity index (χ0v) is 17.2. The van der Waals surface area contributed by atoms with Crippen LogP contribution < -0.4 is 10.6 Å². The second-order valence-electron chi connectivity index (χ2n) is 6.66. The van der Waals surface area contributed by atoms with Crippen molar-refractivity contribution in [1.82, 2.24) is 14.9 Å². The van der Waals surface area contributed by atoms with E-state index in [1.807, 2.05) is 31.2 Å². The Hall–Kier alpha value is -2.23. The van der Waals surface area contributed by atoms with Gasteiger partial charge in [-0.15, -0.1) is 11.3 Å². The van der Waals surface area contributed by atoms with E-state index in [0.717, 1.165) is 17.5 Å². The molecule has 7 nitrogen and oxygen atoms in total. The molecule has 1 aliphatic heterocycles. The smallest absolute Gasteiger partial charge is 0.309 e. The summed E-state index contributed by atoms with van der Waals surface area (Å²) in [6.45, 7) is 2.73. The van der Waals surface area contributed by atoms with Gasteiger partial charge in [-0.3, -0.25) is 9.59 Å². The summed E-state index contributed by atoms with van der Waals surface area (Å²) < 4.78 is 27.2. The summed E-state index contributed by atoms with van der Waals surface area (Å²) in [5.74, 6) is -1.48. The predicted molar refractivity (Wildman–Crippen MR) is 107 cm³/mol. The van der Waals surface area contributed by atoms with Crippen molar-refractivity contribution in [3.05, 3.63) is 52.9 Å². The van der Waals surface area contributed by atoms with Gasteiger partial charge in [0.15, 0.2) is 0 Å². The SMILES string of the molecule is Cc1ccccc1CNC(=O)C(=O)NC[C@H]1CCCN1S(=O)(=O)c1cccs1. The first-order chi connectivity index (χ1) is 13.4.